The fourth-order valence-electron chi connectivity index (χ4n) is 3.16. The fourth-order valence-corrected chi connectivity index (χ4v) is 3.16. The molecule has 1 amide bonds. The molecule has 0 aliphatic heterocycles. The lowest BCUT2D eigenvalue weighted by atomic mass is 10.1. The van der Waals surface area contributed by atoms with Crippen LogP contribution >= 0.6 is 0 Å². The minimum absolute atomic E-state index is 0.144. The van der Waals surface area contributed by atoms with Gasteiger partial charge in [-0.05, 0) is 55.0 Å². The summed E-state index contributed by atoms with van der Waals surface area (Å²) < 4.78 is 1.47. The summed E-state index contributed by atoms with van der Waals surface area (Å²) in [6, 6.07) is 22.1. The van der Waals surface area contributed by atoms with Crippen LogP contribution in [0.3, 0.4) is 0 Å². The second-order valence-corrected chi connectivity index (χ2v) is 7.09. The smallest absolute Gasteiger partial charge is 0.261 e. The van der Waals surface area contributed by atoms with Gasteiger partial charge in [0, 0.05) is 18.7 Å². The van der Waals surface area contributed by atoms with Crippen LogP contribution in [0.5, 0.6) is 0 Å². The number of nitrogens with zero attached hydrogens (tertiary/aromatic N) is 4. The van der Waals surface area contributed by atoms with Crippen LogP contribution in [-0.2, 0) is 11.3 Å². The van der Waals surface area contributed by atoms with Crippen molar-refractivity contribution in [2.24, 2.45) is 10.2 Å². The molecule has 0 fully saturated rings. The first-order chi connectivity index (χ1) is 15.1. The first kappa shape index (κ1) is 20.2. The number of aromatic nitrogens is 2. The molecule has 0 radical (unpaired) electrons. The number of azo groups is 1. The summed E-state index contributed by atoms with van der Waals surface area (Å²) >= 11 is 0. The van der Waals surface area contributed by atoms with Gasteiger partial charge in [0.1, 0.15) is 0 Å². The summed E-state index contributed by atoms with van der Waals surface area (Å²) in [7, 11) is 0. The number of hydrogen-bond acceptors (Lipinski definition) is 5. The quantitative estimate of drug-likeness (QED) is 0.445. The molecular formula is C24H21N5O2. The van der Waals surface area contributed by atoms with E-state index < -0.39 is 0 Å². The zero-order valence-electron chi connectivity index (χ0n) is 17.0. The second kappa shape index (κ2) is 9.13. The van der Waals surface area contributed by atoms with Gasteiger partial charge in [0.05, 0.1) is 28.6 Å². The summed E-state index contributed by atoms with van der Waals surface area (Å²) in [5.41, 5.74) is 3.61. The first-order valence-electron chi connectivity index (χ1n) is 9.91. The molecule has 31 heavy (non-hydrogen) atoms. The molecule has 0 aliphatic rings. The van der Waals surface area contributed by atoms with Crippen molar-refractivity contribution < 1.29 is 4.79 Å². The van der Waals surface area contributed by atoms with Gasteiger partial charge in [0.25, 0.3) is 5.56 Å². The maximum atomic E-state index is 12.6. The van der Waals surface area contributed by atoms with Gasteiger partial charge < -0.3 is 5.32 Å². The van der Waals surface area contributed by atoms with Crippen LogP contribution in [-0.4, -0.2) is 15.5 Å². The number of aryl methyl sites for hydroxylation is 2. The molecule has 4 rings (SSSR count). The van der Waals surface area contributed by atoms with Crippen molar-refractivity contribution in [2.75, 3.05) is 5.32 Å². The van der Waals surface area contributed by atoms with Gasteiger partial charge in [0.15, 0.2) is 0 Å². The molecule has 1 N–H and O–H groups in total. The molecule has 7 heteroatoms. The summed E-state index contributed by atoms with van der Waals surface area (Å²) in [5.74, 6) is -0.185. The average Bonchev–Trinajstić information content (AvgIpc) is 2.79. The Kier molecular flexibility index (Phi) is 5.93. The van der Waals surface area contributed by atoms with Crippen LogP contribution in [0.1, 0.15) is 12.0 Å². The fraction of sp³-hybridized carbons (Fsp3) is 0.125. The molecule has 0 unspecified atom stereocenters. The molecule has 4 aromatic rings. The van der Waals surface area contributed by atoms with Crippen LogP contribution in [0.2, 0.25) is 0 Å². The van der Waals surface area contributed by atoms with Crippen LogP contribution in [0, 0.1) is 6.92 Å². The number of benzene rings is 3. The van der Waals surface area contributed by atoms with E-state index in [4.69, 9.17) is 0 Å². The Balaban J connectivity index is 1.36. The van der Waals surface area contributed by atoms with Crippen molar-refractivity contribution in [3.8, 4) is 0 Å². The van der Waals surface area contributed by atoms with Crippen LogP contribution in [0.25, 0.3) is 10.9 Å². The Morgan fingerprint density at radius 2 is 1.65 bits per heavy atom. The molecule has 0 atom stereocenters. The number of nitrogens with one attached hydrogen (secondary N) is 1. The van der Waals surface area contributed by atoms with E-state index in [0.29, 0.717) is 22.3 Å². The molecule has 0 saturated carbocycles. The second-order valence-electron chi connectivity index (χ2n) is 7.09. The highest BCUT2D eigenvalue weighted by Crippen LogP contribution is 2.20. The molecule has 1 aromatic heterocycles. The monoisotopic (exact) mass is 411 g/mol. The molecule has 154 valence electrons. The van der Waals surface area contributed by atoms with Gasteiger partial charge in [0.2, 0.25) is 5.91 Å². The third-order valence-corrected chi connectivity index (χ3v) is 4.82. The number of hydrogen-bond donors (Lipinski definition) is 1. The molecule has 1 heterocycles. The number of carbonyl (C=O) groups is 1. The lowest BCUT2D eigenvalue weighted by molar-refractivity contribution is -0.116. The molecule has 0 bridgehead atoms. The number of rotatable bonds is 6. The topological polar surface area (TPSA) is 88.7 Å². The van der Waals surface area contributed by atoms with Crippen molar-refractivity contribution in [1.82, 2.24) is 9.55 Å². The van der Waals surface area contributed by atoms with E-state index in [-0.39, 0.29) is 24.4 Å². The van der Waals surface area contributed by atoms with Crippen LogP contribution in [0.4, 0.5) is 17.1 Å². The number of amides is 1. The minimum Gasteiger partial charge on any atom is -0.326 e. The van der Waals surface area contributed by atoms with Crippen LogP contribution < -0.4 is 10.9 Å². The molecule has 3 aromatic carbocycles. The van der Waals surface area contributed by atoms with E-state index in [2.05, 4.69) is 20.5 Å². The first-order valence-corrected chi connectivity index (χ1v) is 9.91. The van der Waals surface area contributed by atoms with Crippen molar-refractivity contribution in [3.05, 3.63) is 95.0 Å². The van der Waals surface area contributed by atoms with E-state index in [0.717, 1.165) is 11.3 Å². The summed E-state index contributed by atoms with van der Waals surface area (Å²) in [6.45, 7) is 2.17. The zero-order chi connectivity index (χ0) is 21.6. The van der Waals surface area contributed by atoms with Crippen LogP contribution in [0.15, 0.2) is 94.1 Å². The lowest BCUT2D eigenvalue weighted by Crippen LogP contribution is -2.23. The SMILES string of the molecule is Cc1cccc2c(=O)n(CCC(=O)Nc3ccc(N=Nc4ccccc4)cc3)cnc12. The van der Waals surface area contributed by atoms with Gasteiger partial charge in [-0.15, -0.1) is 0 Å². The van der Waals surface area contributed by atoms with E-state index in [9.17, 15) is 9.59 Å². The number of fused-ring (bicyclic) bond motifs is 1. The minimum atomic E-state index is -0.185. The normalized spacial score (nSPS) is 11.1. The van der Waals surface area contributed by atoms with Crippen molar-refractivity contribution in [2.45, 2.75) is 19.9 Å². The van der Waals surface area contributed by atoms with E-state index in [1.165, 1.54) is 10.9 Å². The Hall–Kier alpha value is -4.13. The Morgan fingerprint density at radius 1 is 0.935 bits per heavy atom. The standard InChI is InChI=1S/C24H21N5O2/c1-17-6-5-9-21-23(17)25-16-29(24(21)31)15-14-22(30)26-18-10-12-20(13-11-18)28-27-19-7-3-2-4-8-19/h2-13,16H,14-15H2,1H3,(H,26,30). The van der Waals surface area contributed by atoms with Crippen molar-refractivity contribution in [1.29, 1.82) is 0 Å². The van der Waals surface area contributed by atoms with Gasteiger partial charge >= 0.3 is 0 Å². The Bertz CT molecular complexity index is 1300. The summed E-state index contributed by atoms with van der Waals surface area (Å²) in [6.07, 6.45) is 1.66. The number of anilines is 1. The predicted octanol–water partition coefficient (Wildman–Crippen LogP) is 5.15. The molecule has 0 aliphatic carbocycles. The highest BCUT2D eigenvalue weighted by atomic mass is 16.1. The summed E-state index contributed by atoms with van der Waals surface area (Å²) in [5, 5.41) is 11.7. The summed E-state index contributed by atoms with van der Waals surface area (Å²) in [4.78, 5) is 29.3. The molecular weight excluding hydrogens is 390 g/mol. The van der Waals surface area contributed by atoms with Gasteiger partial charge in [-0.1, -0.05) is 30.3 Å². The van der Waals surface area contributed by atoms with Gasteiger partial charge in [-0.2, -0.15) is 10.2 Å². The zero-order valence-corrected chi connectivity index (χ0v) is 17.0. The highest BCUT2D eigenvalue weighted by Gasteiger charge is 2.08. The molecule has 0 spiro atoms. The largest absolute Gasteiger partial charge is 0.326 e. The Labute approximate surface area is 179 Å². The number of carbonyl (C=O) groups excluding carboxylic acids is 1. The predicted molar refractivity (Wildman–Crippen MR) is 121 cm³/mol. The van der Waals surface area contributed by atoms with E-state index in [1.807, 2.05) is 49.4 Å². The average molecular weight is 411 g/mol. The van der Waals surface area contributed by atoms with Gasteiger partial charge in [-0.3, -0.25) is 14.2 Å². The third kappa shape index (κ3) is 4.90. The Morgan fingerprint density at radius 3 is 2.39 bits per heavy atom. The van der Waals surface area contributed by atoms with E-state index in [1.54, 1.807) is 30.3 Å². The molecule has 0 saturated heterocycles. The third-order valence-electron chi connectivity index (χ3n) is 4.82. The maximum Gasteiger partial charge on any atom is 0.261 e. The van der Waals surface area contributed by atoms with E-state index >= 15 is 0 Å². The number of para-hydroxylation sites is 1. The van der Waals surface area contributed by atoms with Gasteiger partial charge in [-0.25, -0.2) is 4.98 Å². The highest BCUT2D eigenvalue weighted by molar-refractivity contribution is 5.90. The molecule has 7 nitrogen and oxygen atoms in total. The maximum absolute atomic E-state index is 12.6. The van der Waals surface area contributed by atoms with Crippen molar-refractivity contribution in [3.63, 3.8) is 0 Å². The van der Waals surface area contributed by atoms with Crippen molar-refractivity contribution >= 4 is 33.9 Å². The lowest BCUT2D eigenvalue weighted by Gasteiger charge is -2.08.